The van der Waals surface area contributed by atoms with Gasteiger partial charge in [0.05, 0.1) is 13.3 Å². The van der Waals surface area contributed by atoms with Crippen molar-refractivity contribution >= 4 is 17.7 Å². The zero-order valence-corrected chi connectivity index (χ0v) is 17.0. The fraction of sp³-hybridized carbons (Fsp3) is 0.333. The van der Waals surface area contributed by atoms with E-state index in [0.717, 1.165) is 42.7 Å². The maximum absolute atomic E-state index is 10.9. The first-order chi connectivity index (χ1) is 14.6. The number of rotatable bonds is 7. The maximum atomic E-state index is 10.9. The third-order valence-electron chi connectivity index (χ3n) is 5.82. The van der Waals surface area contributed by atoms with Gasteiger partial charge in [0.25, 0.3) is 6.01 Å². The van der Waals surface area contributed by atoms with Crippen LogP contribution in [0.2, 0.25) is 0 Å². The van der Waals surface area contributed by atoms with E-state index in [1.807, 2.05) is 24.3 Å². The lowest BCUT2D eigenvalue weighted by Crippen LogP contribution is -2.16. The molecular weight excluding hydrogens is 380 g/mol. The van der Waals surface area contributed by atoms with Crippen LogP contribution in [0.1, 0.15) is 43.6 Å². The first-order valence-corrected chi connectivity index (χ1v) is 10.3. The third-order valence-corrected chi connectivity index (χ3v) is 5.82. The Morgan fingerprint density at radius 1 is 1.10 bits per heavy atom. The van der Waals surface area contributed by atoms with Crippen molar-refractivity contribution in [3.63, 3.8) is 0 Å². The molecule has 6 nitrogen and oxygen atoms in total. The van der Waals surface area contributed by atoms with Gasteiger partial charge in [0.1, 0.15) is 5.75 Å². The average Bonchev–Trinajstić information content (AvgIpc) is 3.23. The van der Waals surface area contributed by atoms with Gasteiger partial charge in [0, 0.05) is 17.7 Å². The number of carboxylic acids is 1. The van der Waals surface area contributed by atoms with E-state index in [-0.39, 0.29) is 0 Å². The van der Waals surface area contributed by atoms with E-state index in [9.17, 15) is 4.79 Å². The summed E-state index contributed by atoms with van der Waals surface area (Å²) in [5.74, 6) is 1.65. The van der Waals surface area contributed by atoms with Crippen molar-refractivity contribution in [3.8, 4) is 17.1 Å². The number of oxazole rings is 1. The summed E-state index contributed by atoms with van der Waals surface area (Å²) in [5, 5.41) is 12.1. The number of anilines is 2. The van der Waals surface area contributed by atoms with Crippen molar-refractivity contribution in [2.75, 3.05) is 12.4 Å². The van der Waals surface area contributed by atoms with Crippen molar-refractivity contribution in [1.29, 1.82) is 0 Å². The molecule has 1 aliphatic rings. The topological polar surface area (TPSA) is 84.6 Å². The van der Waals surface area contributed by atoms with Crippen molar-refractivity contribution in [3.05, 3.63) is 60.3 Å². The number of ether oxygens (including phenoxy) is 1. The Hall–Kier alpha value is -3.28. The van der Waals surface area contributed by atoms with E-state index in [1.165, 1.54) is 5.56 Å². The average molecular weight is 406 g/mol. The molecule has 1 aliphatic carbocycles. The van der Waals surface area contributed by atoms with Crippen LogP contribution < -0.4 is 10.1 Å². The molecule has 0 saturated heterocycles. The molecule has 6 heteroatoms. The SMILES string of the molecule is COc1ccc(Nc2ncc(-c3ccc(C4CCC(CC(=O)O)CC4)cc3)o2)cc1. The second-order valence-electron chi connectivity index (χ2n) is 7.82. The van der Waals surface area contributed by atoms with Crippen molar-refractivity contribution in [2.24, 2.45) is 5.92 Å². The Balaban J connectivity index is 1.37. The molecular formula is C24H26N2O4. The Morgan fingerprint density at radius 2 is 1.80 bits per heavy atom. The molecule has 2 aromatic carbocycles. The van der Waals surface area contributed by atoms with Gasteiger partial charge in [0.15, 0.2) is 5.76 Å². The van der Waals surface area contributed by atoms with Gasteiger partial charge in [-0.25, -0.2) is 4.98 Å². The number of methoxy groups -OCH3 is 1. The first-order valence-electron chi connectivity index (χ1n) is 10.3. The summed E-state index contributed by atoms with van der Waals surface area (Å²) in [5.41, 5.74) is 3.16. The van der Waals surface area contributed by atoms with Gasteiger partial charge in [-0.1, -0.05) is 24.3 Å². The lowest BCUT2D eigenvalue weighted by molar-refractivity contribution is -0.138. The second kappa shape index (κ2) is 9.03. The van der Waals surface area contributed by atoms with Gasteiger partial charge >= 0.3 is 5.97 Å². The minimum absolute atomic E-state index is 0.296. The largest absolute Gasteiger partial charge is 0.497 e. The third kappa shape index (κ3) is 4.82. The zero-order valence-electron chi connectivity index (χ0n) is 17.0. The van der Waals surface area contributed by atoms with E-state index in [4.69, 9.17) is 14.3 Å². The number of nitrogens with zero attached hydrogens (tertiary/aromatic N) is 1. The number of aliphatic carboxylic acids is 1. The molecule has 0 unspecified atom stereocenters. The van der Waals surface area contributed by atoms with Crippen LogP contribution in [0.3, 0.4) is 0 Å². The molecule has 0 radical (unpaired) electrons. The molecule has 1 heterocycles. The van der Waals surface area contributed by atoms with Crippen molar-refractivity contribution in [1.82, 2.24) is 4.98 Å². The predicted molar refractivity (Wildman–Crippen MR) is 115 cm³/mol. The quantitative estimate of drug-likeness (QED) is 0.512. The van der Waals surface area contributed by atoms with Crippen molar-refractivity contribution in [2.45, 2.75) is 38.0 Å². The zero-order chi connectivity index (χ0) is 20.9. The summed E-state index contributed by atoms with van der Waals surface area (Å²) in [7, 11) is 1.64. The number of aromatic nitrogens is 1. The standard InChI is InChI=1S/C24H26N2O4/c1-29-21-12-10-20(11-13-21)26-24-25-15-22(30-24)19-8-6-18(7-9-19)17-4-2-16(3-5-17)14-23(27)28/h6-13,15-17H,2-5,14H2,1H3,(H,25,26)(H,27,28). The second-order valence-corrected chi connectivity index (χ2v) is 7.82. The Labute approximate surface area is 175 Å². The van der Waals surface area contributed by atoms with Crippen LogP contribution >= 0.6 is 0 Å². The molecule has 156 valence electrons. The maximum Gasteiger partial charge on any atom is 0.303 e. The van der Waals surface area contributed by atoms with Gasteiger partial charge < -0.3 is 19.6 Å². The van der Waals surface area contributed by atoms with Gasteiger partial charge in [-0.05, 0) is 67.3 Å². The van der Waals surface area contributed by atoms with Crippen LogP contribution in [0.25, 0.3) is 11.3 Å². The van der Waals surface area contributed by atoms with Gasteiger partial charge in [-0.2, -0.15) is 0 Å². The molecule has 4 rings (SSSR count). The molecule has 1 saturated carbocycles. The molecule has 1 fully saturated rings. The monoisotopic (exact) mass is 406 g/mol. The van der Waals surface area contributed by atoms with Crippen LogP contribution in [0.4, 0.5) is 11.7 Å². The highest BCUT2D eigenvalue weighted by Crippen LogP contribution is 2.37. The van der Waals surface area contributed by atoms with Gasteiger partial charge in [-0.3, -0.25) is 4.79 Å². The smallest absolute Gasteiger partial charge is 0.303 e. The van der Waals surface area contributed by atoms with E-state index >= 15 is 0 Å². The molecule has 0 bridgehead atoms. The Morgan fingerprint density at radius 3 is 2.43 bits per heavy atom. The highest BCUT2D eigenvalue weighted by Gasteiger charge is 2.24. The van der Waals surface area contributed by atoms with Crippen LogP contribution in [-0.2, 0) is 4.79 Å². The normalized spacial score (nSPS) is 18.7. The van der Waals surface area contributed by atoms with Crippen LogP contribution in [0.5, 0.6) is 5.75 Å². The van der Waals surface area contributed by atoms with Gasteiger partial charge in [0.2, 0.25) is 0 Å². The van der Waals surface area contributed by atoms with E-state index in [2.05, 4.69) is 34.6 Å². The number of carbonyl (C=O) groups is 1. The van der Waals surface area contributed by atoms with Crippen LogP contribution in [0.15, 0.2) is 59.1 Å². The number of benzene rings is 2. The highest BCUT2D eigenvalue weighted by atomic mass is 16.5. The molecule has 3 aromatic rings. The molecule has 0 aliphatic heterocycles. The number of hydrogen-bond acceptors (Lipinski definition) is 5. The summed E-state index contributed by atoms with van der Waals surface area (Å²) >= 11 is 0. The molecule has 0 atom stereocenters. The van der Waals surface area contributed by atoms with Crippen molar-refractivity contribution < 1.29 is 19.1 Å². The summed E-state index contributed by atoms with van der Waals surface area (Å²) < 4.78 is 11.0. The molecule has 30 heavy (non-hydrogen) atoms. The first kappa shape index (κ1) is 20.0. The highest BCUT2D eigenvalue weighted by molar-refractivity contribution is 5.67. The summed E-state index contributed by atoms with van der Waals surface area (Å²) in [6.45, 7) is 0. The summed E-state index contributed by atoms with van der Waals surface area (Å²) in [6, 6.07) is 16.4. The van der Waals surface area contributed by atoms with E-state index in [0.29, 0.717) is 30.0 Å². The molecule has 2 N–H and O–H groups in total. The lowest BCUT2D eigenvalue weighted by atomic mass is 9.77. The molecule has 1 aromatic heterocycles. The van der Waals surface area contributed by atoms with Gasteiger partial charge in [-0.15, -0.1) is 0 Å². The number of hydrogen-bond donors (Lipinski definition) is 2. The van der Waals surface area contributed by atoms with Crippen LogP contribution in [-0.4, -0.2) is 23.2 Å². The predicted octanol–water partition coefficient (Wildman–Crippen LogP) is 5.84. The fourth-order valence-electron chi connectivity index (χ4n) is 4.13. The molecule has 0 spiro atoms. The number of carboxylic acid groups (broad SMARTS) is 1. The summed E-state index contributed by atoms with van der Waals surface area (Å²) in [6.07, 6.45) is 6.09. The van der Waals surface area contributed by atoms with Crippen LogP contribution in [0, 0.1) is 5.92 Å². The number of nitrogens with one attached hydrogen (secondary N) is 1. The summed E-state index contributed by atoms with van der Waals surface area (Å²) in [4.78, 5) is 15.2. The Kier molecular flexibility index (Phi) is 6.02. The molecule has 0 amide bonds. The fourth-order valence-corrected chi connectivity index (χ4v) is 4.13. The minimum Gasteiger partial charge on any atom is -0.497 e. The van der Waals surface area contributed by atoms with E-state index < -0.39 is 5.97 Å². The van der Waals surface area contributed by atoms with E-state index in [1.54, 1.807) is 13.3 Å². The minimum atomic E-state index is -0.685. The lowest BCUT2D eigenvalue weighted by Gasteiger charge is -2.28. The Bertz CT molecular complexity index is 971.